The molecule has 0 fully saturated rings. The van der Waals surface area contributed by atoms with Gasteiger partial charge in [-0.15, -0.1) is 0 Å². The molecule has 0 spiro atoms. The van der Waals surface area contributed by atoms with Crippen molar-refractivity contribution < 1.29 is 15.3 Å². The van der Waals surface area contributed by atoms with E-state index in [1.807, 2.05) is 18.2 Å². The quantitative estimate of drug-likeness (QED) is 0.641. The third kappa shape index (κ3) is 4.13. The van der Waals surface area contributed by atoms with Gasteiger partial charge in [0.05, 0.1) is 0 Å². The van der Waals surface area contributed by atoms with Gasteiger partial charge >= 0.3 is 0 Å². The second kappa shape index (κ2) is 7.31. The topological polar surface area (TPSA) is 60.7 Å². The van der Waals surface area contributed by atoms with Gasteiger partial charge in [0.25, 0.3) is 0 Å². The van der Waals surface area contributed by atoms with E-state index < -0.39 is 0 Å². The first-order chi connectivity index (χ1) is 12.0. The summed E-state index contributed by atoms with van der Waals surface area (Å²) in [7, 11) is 0. The highest BCUT2D eigenvalue weighted by Gasteiger charge is 2.10. The van der Waals surface area contributed by atoms with Crippen LogP contribution in [0.5, 0.6) is 17.2 Å². The monoisotopic (exact) mass is 334 g/mol. The fourth-order valence-electron chi connectivity index (χ4n) is 2.90. The van der Waals surface area contributed by atoms with Gasteiger partial charge in [-0.3, -0.25) is 0 Å². The molecule has 0 saturated carbocycles. The zero-order valence-corrected chi connectivity index (χ0v) is 14.2. The van der Waals surface area contributed by atoms with Crippen molar-refractivity contribution in [1.29, 1.82) is 0 Å². The first-order valence-electron chi connectivity index (χ1n) is 8.44. The summed E-state index contributed by atoms with van der Waals surface area (Å²) in [6.45, 7) is 2.12. The molecule has 0 aliphatic heterocycles. The normalized spacial score (nSPS) is 10.8. The summed E-state index contributed by atoms with van der Waals surface area (Å²) in [5.41, 5.74) is 4.93. The van der Waals surface area contributed by atoms with E-state index in [0.29, 0.717) is 12.8 Å². The van der Waals surface area contributed by atoms with Crippen molar-refractivity contribution in [2.75, 3.05) is 0 Å². The Morgan fingerprint density at radius 1 is 0.600 bits per heavy atom. The van der Waals surface area contributed by atoms with Gasteiger partial charge in [0, 0.05) is 18.9 Å². The zero-order valence-electron chi connectivity index (χ0n) is 14.2. The Hall–Kier alpha value is -2.94. The molecule has 0 amide bonds. The number of hydrogen-bond donors (Lipinski definition) is 3. The van der Waals surface area contributed by atoms with Crippen molar-refractivity contribution in [3.63, 3.8) is 0 Å². The predicted molar refractivity (Wildman–Crippen MR) is 99.3 cm³/mol. The van der Waals surface area contributed by atoms with Crippen LogP contribution in [0.4, 0.5) is 0 Å². The predicted octanol–water partition coefficient (Wildman–Crippen LogP) is 4.55. The smallest absolute Gasteiger partial charge is 0.122 e. The van der Waals surface area contributed by atoms with Gasteiger partial charge in [-0.25, -0.2) is 0 Å². The maximum Gasteiger partial charge on any atom is 0.122 e. The molecule has 0 radical (unpaired) electrons. The van der Waals surface area contributed by atoms with E-state index in [4.69, 9.17) is 0 Å². The van der Waals surface area contributed by atoms with Crippen molar-refractivity contribution in [3.05, 3.63) is 88.5 Å². The largest absolute Gasteiger partial charge is 0.508 e. The summed E-state index contributed by atoms with van der Waals surface area (Å²) >= 11 is 0. The minimum atomic E-state index is 0.0793. The minimum absolute atomic E-state index is 0.0793. The van der Waals surface area contributed by atoms with Crippen molar-refractivity contribution in [2.45, 2.75) is 26.2 Å². The summed E-state index contributed by atoms with van der Waals surface area (Å²) in [6.07, 6.45) is 2.15. The Kier molecular flexibility index (Phi) is 4.94. The molecule has 0 heterocycles. The molecule has 0 aliphatic carbocycles. The molecule has 0 saturated heterocycles. The molecule has 0 bridgehead atoms. The lowest BCUT2D eigenvalue weighted by Gasteiger charge is -2.11. The maximum absolute atomic E-state index is 10.2. The average molecular weight is 334 g/mol. The third-order valence-corrected chi connectivity index (χ3v) is 4.44. The molecule has 3 N–H and O–H groups in total. The molecular weight excluding hydrogens is 312 g/mol. The second-order valence-corrected chi connectivity index (χ2v) is 6.30. The fourth-order valence-corrected chi connectivity index (χ4v) is 2.90. The van der Waals surface area contributed by atoms with Crippen molar-refractivity contribution in [1.82, 2.24) is 0 Å². The zero-order chi connectivity index (χ0) is 17.8. The van der Waals surface area contributed by atoms with Crippen LogP contribution in [0.25, 0.3) is 0 Å². The van der Waals surface area contributed by atoms with Crippen LogP contribution in [0, 0.1) is 0 Å². The molecule has 0 atom stereocenters. The molecule has 3 nitrogen and oxygen atoms in total. The molecule has 0 aliphatic rings. The molecule has 0 aromatic heterocycles. The lowest BCUT2D eigenvalue weighted by molar-refractivity contribution is 0.443. The van der Waals surface area contributed by atoms with E-state index in [-0.39, 0.29) is 17.2 Å². The van der Waals surface area contributed by atoms with Gasteiger partial charge in [-0.1, -0.05) is 43.3 Å². The summed E-state index contributed by atoms with van der Waals surface area (Å²) in [6, 6.07) is 18.5. The highest BCUT2D eigenvalue weighted by molar-refractivity contribution is 5.48. The van der Waals surface area contributed by atoms with E-state index in [1.165, 1.54) is 11.6 Å². The third-order valence-electron chi connectivity index (χ3n) is 4.44. The fraction of sp³-hybridized carbons (Fsp3) is 0.182. The van der Waals surface area contributed by atoms with Crippen LogP contribution in [0.3, 0.4) is 0 Å². The van der Waals surface area contributed by atoms with Gasteiger partial charge < -0.3 is 15.3 Å². The van der Waals surface area contributed by atoms with Gasteiger partial charge in [0.1, 0.15) is 17.2 Å². The SMILES string of the molecule is CCc1ccc(Cc2cc(Cc3ccc(O)cc3)c(O)cc2O)cc1. The van der Waals surface area contributed by atoms with E-state index in [0.717, 1.165) is 28.7 Å². The van der Waals surface area contributed by atoms with E-state index in [1.54, 1.807) is 12.1 Å². The Morgan fingerprint density at radius 3 is 1.52 bits per heavy atom. The number of phenols is 3. The Morgan fingerprint density at radius 2 is 1.04 bits per heavy atom. The van der Waals surface area contributed by atoms with Crippen LogP contribution in [-0.4, -0.2) is 15.3 Å². The second-order valence-electron chi connectivity index (χ2n) is 6.30. The minimum Gasteiger partial charge on any atom is -0.508 e. The summed E-state index contributed by atoms with van der Waals surface area (Å²) in [4.78, 5) is 0. The number of aromatic hydroxyl groups is 3. The standard InChI is InChI=1S/C22H22O3/c1-2-15-3-5-16(6-4-15)11-18-13-19(22(25)14-21(18)24)12-17-7-9-20(23)10-8-17/h3-10,13-14,23-25H,2,11-12H2,1H3. The summed E-state index contributed by atoms with van der Waals surface area (Å²) in [5, 5.41) is 29.7. The molecule has 25 heavy (non-hydrogen) atoms. The molecule has 3 aromatic carbocycles. The number of benzene rings is 3. The Bertz CT molecular complexity index is 850. The number of hydrogen-bond acceptors (Lipinski definition) is 3. The molecule has 3 aromatic rings. The Balaban J connectivity index is 1.85. The highest BCUT2D eigenvalue weighted by atomic mass is 16.3. The average Bonchev–Trinajstić information content (AvgIpc) is 2.61. The first-order valence-corrected chi connectivity index (χ1v) is 8.44. The van der Waals surface area contributed by atoms with Crippen LogP contribution >= 0.6 is 0 Å². The summed E-state index contributed by atoms with van der Waals surface area (Å²) in [5.74, 6) is 0.400. The van der Waals surface area contributed by atoms with Crippen molar-refractivity contribution in [2.24, 2.45) is 0 Å². The van der Waals surface area contributed by atoms with Crippen LogP contribution in [-0.2, 0) is 19.3 Å². The van der Waals surface area contributed by atoms with Crippen LogP contribution in [0.1, 0.15) is 34.7 Å². The van der Waals surface area contributed by atoms with E-state index in [2.05, 4.69) is 31.2 Å². The molecule has 3 rings (SSSR count). The molecule has 3 heteroatoms. The number of aryl methyl sites for hydroxylation is 1. The lowest BCUT2D eigenvalue weighted by Crippen LogP contribution is -1.95. The van der Waals surface area contributed by atoms with Crippen LogP contribution in [0.2, 0.25) is 0 Å². The molecule has 128 valence electrons. The molecule has 0 unspecified atom stereocenters. The van der Waals surface area contributed by atoms with Crippen molar-refractivity contribution in [3.8, 4) is 17.2 Å². The number of rotatable bonds is 5. The van der Waals surface area contributed by atoms with Gasteiger partial charge in [-0.05, 0) is 52.4 Å². The van der Waals surface area contributed by atoms with Gasteiger partial charge in [-0.2, -0.15) is 0 Å². The van der Waals surface area contributed by atoms with Gasteiger partial charge in [0.2, 0.25) is 0 Å². The van der Waals surface area contributed by atoms with Crippen LogP contribution < -0.4 is 0 Å². The van der Waals surface area contributed by atoms with Gasteiger partial charge in [0.15, 0.2) is 0 Å². The lowest BCUT2D eigenvalue weighted by atomic mass is 9.97. The van der Waals surface area contributed by atoms with Crippen LogP contribution in [0.15, 0.2) is 60.7 Å². The first kappa shape index (κ1) is 16.9. The Labute approximate surface area is 147 Å². The molecular formula is C22H22O3. The summed E-state index contributed by atoms with van der Waals surface area (Å²) < 4.78 is 0. The highest BCUT2D eigenvalue weighted by Crippen LogP contribution is 2.31. The number of phenolic OH excluding ortho intramolecular Hbond substituents is 3. The van der Waals surface area contributed by atoms with Crippen molar-refractivity contribution >= 4 is 0 Å². The van der Waals surface area contributed by atoms with E-state index in [9.17, 15) is 15.3 Å². The van der Waals surface area contributed by atoms with E-state index >= 15 is 0 Å². The maximum atomic E-state index is 10.2.